The maximum atomic E-state index is 13.1. The molecule has 0 radical (unpaired) electrons. The Bertz CT molecular complexity index is 992. The lowest BCUT2D eigenvalue weighted by molar-refractivity contribution is 0.0958. The number of carbonyl (C=O) groups excluding carboxylic acids is 1. The van der Waals surface area contributed by atoms with Gasteiger partial charge >= 0.3 is 0 Å². The quantitative estimate of drug-likeness (QED) is 0.775. The first-order valence-electron chi connectivity index (χ1n) is 8.74. The van der Waals surface area contributed by atoms with Crippen LogP contribution in [0.4, 0.5) is 10.1 Å². The number of nitrogens with zero attached hydrogens (tertiary/aromatic N) is 2. The van der Waals surface area contributed by atoms with Crippen LogP contribution in [0.5, 0.6) is 0 Å². The highest BCUT2D eigenvalue weighted by molar-refractivity contribution is 7.89. The first-order chi connectivity index (χ1) is 13.4. The third-order valence-electron chi connectivity index (χ3n) is 4.52. The molecular weight excluding hydrogens is 381 g/mol. The Morgan fingerprint density at radius 2 is 1.79 bits per heavy atom. The third kappa shape index (κ3) is 4.32. The number of sulfonamides is 1. The van der Waals surface area contributed by atoms with Gasteiger partial charge in [-0.25, -0.2) is 12.8 Å². The fourth-order valence-electron chi connectivity index (χ4n) is 3.02. The standard InChI is InChI=1S/C20H20FN3O3S/c1-2-10-22-20(25)16-4-3-5-19(15-16)28(26,27)24-13-11-23(12-14-24)18-8-6-17(21)7-9-18/h1,3-9,15H,10-14H2,(H,22,25). The van der Waals surface area contributed by atoms with Crippen LogP contribution < -0.4 is 10.2 Å². The number of hydrogen-bond donors (Lipinski definition) is 1. The molecule has 0 atom stereocenters. The Labute approximate surface area is 164 Å². The maximum absolute atomic E-state index is 13.1. The van der Waals surface area contributed by atoms with Gasteiger partial charge < -0.3 is 10.2 Å². The third-order valence-corrected chi connectivity index (χ3v) is 6.41. The van der Waals surface area contributed by atoms with Crippen molar-refractivity contribution in [1.29, 1.82) is 0 Å². The second-order valence-electron chi connectivity index (χ2n) is 6.28. The van der Waals surface area contributed by atoms with Crippen molar-refractivity contribution in [3.8, 4) is 12.3 Å². The van der Waals surface area contributed by atoms with E-state index in [4.69, 9.17) is 6.42 Å². The number of nitrogens with one attached hydrogen (secondary N) is 1. The molecule has 1 aliphatic rings. The van der Waals surface area contributed by atoms with Gasteiger partial charge in [-0.05, 0) is 42.5 Å². The number of halogens is 1. The molecule has 0 unspecified atom stereocenters. The lowest BCUT2D eigenvalue weighted by Gasteiger charge is -2.35. The van der Waals surface area contributed by atoms with Gasteiger partial charge in [0.15, 0.2) is 0 Å². The van der Waals surface area contributed by atoms with Crippen LogP contribution >= 0.6 is 0 Å². The molecule has 6 nitrogen and oxygen atoms in total. The van der Waals surface area contributed by atoms with E-state index in [1.54, 1.807) is 12.1 Å². The van der Waals surface area contributed by atoms with Crippen LogP contribution in [0.1, 0.15) is 10.4 Å². The number of terminal acetylenes is 1. The summed E-state index contributed by atoms with van der Waals surface area (Å²) >= 11 is 0. The zero-order chi connectivity index (χ0) is 20.1. The number of amides is 1. The second kappa shape index (κ2) is 8.42. The minimum Gasteiger partial charge on any atom is -0.369 e. The molecular formula is C20H20FN3O3S. The molecule has 0 aromatic heterocycles. The van der Waals surface area contributed by atoms with E-state index >= 15 is 0 Å². The highest BCUT2D eigenvalue weighted by Gasteiger charge is 2.29. The van der Waals surface area contributed by atoms with Gasteiger partial charge in [-0.3, -0.25) is 4.79 Å². The van der Waals surface area contributed by atoms with Crippen LogP contribution in [0.3, 0.4) is 0 Å². The van der Waals surface area contributed by atoms with E-state index in [0.29, 0.717) is 26.2 Å². The SMILES string of the molecule is C#CCNC(=O)c1cccc(S(=O)(=O)N2CCN(c3ccc(F)cc3)CC2)c1. The molecule has 3 rings (SSSR count). The molecule has 1 heterocycles. The topological polar surface area (TPSA) is 69.7 Å². The molecule has 1 N–H and O–H groups in total. The Hall–Kier alpha value is -2.89. The van der Waals surface area contributed by atoms with Crippen LogP contribution in [0.25, 0.3) is 0 Å². The average Bonchev–Trinajstić information content (AvgIpc) is 2.72. The summed E-state index contributed by atoms with van der Waals surface area (Å²) in [6.07, 6.45) is 5.12. The van der Waals surface area contributed by atoms with Crippen LogP contribution in [-0.2, 0) is 10.0 Å². The van der Waals surface area contributed by atoms with Crippen molar-refractivity contribution in [3.05, 3.63) is 59.9 Å². The number of carbonyl (C=O) groups is 1. The molecule has 1 saturated heterocycles. The minimum absolute atomic E-state index is 0.0658. The first kappa shape index (κ1) is 19.9. The first-order valence-corrected chi connectivity index (χ1v) is 10.2. The van der Waals surface area contributed by atoms with Crippen molar-refractivity contribution in [1.82, 2.24) is 9.62 Å². The molecule has 2 aromatic rings. The number of anilines is 1. The summed E-state index contributed by atoms with van der Waals surface area (Å²) in [7, 11) is -3.72. The number of piperazine rings is 1. The van der Waals surface area contributed by atoms with E-state index in [2.05, 4.69) is 11.2 Å². The Balaban J connectivity index is 1.71. The van der Waals surface area contributed by atoms with Gasteiger partial charge in [0.25, 0.3) is 5.91 Å². The van der Waals surface area contributed by atoms with E-state index in [-0.39, 0.29) is 22.8 Å². The molecule has 8 heteroatoms. The zero-order valence-corrected chi connectivity index (χ0v) is 16.0. The smallest absolute Gasteiger partial charge is 0.252 e. The predicted molar refractivity (Wildman–Crippen MR) is 105 cm³/mol. The van der Waals surface area contributed by atoms with Gasteiger partial charge in [-0.1, -0.05) is 12.0 Å². The highest BCUT2D eigenvalue weighted by atomic mass is 32.2. The molecule has 1 amide bonds. The minimum atomic E-state index is -3.72. The summed E-state index contributed by atoms with van der Waals surface area (Å²) in [5.41, 5.74) is 1.09. The molecule has 0 aliphatic carbocycles. The molecule has 0 saturated carbocycles. The summed E-state index contributed by atoms with van der Waals surface area (Å²) in [6, 6.07) is 12.0. The van der Waals surface area contributed by atoms with Crippen LogP contribution in [-0.4, -0.2) is 51.4 Å². The van der Waals surface area contributed by atoms with Crippen molar-refractivity contribution in [2.45, 2.75) is 4.90 Å². The van der Waals surface area contributed by atoms with Gasteiger partial charge in [0, 0.05) is 37.4 Å². The van der Waals surface area contributed by atoms with Crippen LogP contribution in [0, 0.1) is 18.2 Å². The van der Waals surface area contributed by atoms with Gasteiger partial charge in [0.2, 0.25) is 10.0 Å². The Morgan fingerprint density at radius 1 is 1.11 bits per heavy atom. The van der Waals surface area contributed by atoms with Crippen molar-refractivity contribution >= 4 is 21.6 Å². The summed E-state index contributed by atoms with van der Waals surface area (Å²) in [5, 5.41) is 2.52. The molecule has 146 valence electrons. The fourth-order valence-corrected chi connectivity index (χ4v) is 4.49. The van der Waals surface area contributed by atoms with Gasteiger partial charge in [0.05, 0.1) is 11.4 Å². The molecule has 0 bridgehead atoms. The molecule has 28 heavy (non-hydrogen) atoms. The summed E-state index contributed by atoms with van der Waals surface area (Å²) in [5.74, 6) is 1.57. The van der Waals surface area contributed by atoms with Gasteiger partial charge in [0.1, 0.15) is 5.82 Å². The Kier molecular flexibility index (Phi) is 5.97. The lowest BCUT2D eigenvalue weighted by atomic mass is 10.2. The van der Waals surface area contributed by atoms with Gasteiger partial charge in [-0.2, -0.15) is 4.31 Å². The monoisotopic (exact) mass is 401 g/mol. The van der Waals surface area contributed by atoms with Crippen LogP contribution in [0.2, 0.25) is 0 Å². The molecule has 1 fully saturated rings. The normalized spacial score (nSPS) is 15.1. The maximum Gasteiger partial charge on any atom is 0.252 e. The van der Waals surface area contributed by atoms with E-state index in [1.807, 2.05) is 4.90 Å². The van der Waals surface area contributed by atoms with E-state index in [0.717, 1.165) is 5.69 Å². The van der Waals surface area contributed by atoms with E-state index in [1.165, 1.54) is 40.7 Å². The van der Waals surface area contributed by atoms with Crippen molar-refractivity contribution in [2.24, 2.45) is 0 Å². The van der Waals surface area contributed by atoms with Crippen molar-refractivity contribution in [3.63, 3.8) is 0 Å². The lowest BCUT2D eigenvalue weighted by Crippen LogP contribution is -2.48. The second-order valence-corrected chi connectivity index (χ2v) is 8.22. The molecule has 0 spiro atoms. The fraction of sp³-hybridized carbons (Fsp3) is 0.250. The number of hydrogen-bond acceptors (Lipinski definition) is 4. The van der Waals surface area contributed by atoms with Gasteiger partial charge in [-0.15, -0.1) is 6.42 Å². The van der Waals surface area contributed by atoms with Crippen molar-refractivity contribution < 1.29 is 17.6 Å². The molecule has 1 aliphatic heterocycles. The summed E-state index contributed by atoms with van der Waals surface area (Å²) in [4.78, 5) is 14.1. The summed E-state index contributed by atoms with van der Waals surface area (Å²) < 4.78 is 40.4. The van der Waals surface area contributed by atoms with E-state index < -0.39 is 15.9 Å². The Morgan fingerprint density at radius 3 is 2.43 bits per heavy atom. The largest absolute Gasteiger partial charge is 0.369 e. The average molecular weight is 401 g/mol. The number of rotatable bonds is 5. The zero-order valence-electron chi connectivity index (χ0n) is 15.1. The van der Waals surface area contributed by atoms with Crippen molar-refractivity contribution in [2.75, 3.05) is 37.6 Å². The van der Waals surface area contributed by atoms with E-state index in [9.17, 15) is 17.6 Å². The predicted octanol–water partition coefficient (Wildman–Crippen LogP) is 1.70. The molecule has 2 aromatic carbocycles. The van der Waals surface area contributed by atoms with Crippen LogP contribution in [0.15, 0.2) is 53.4 Å². The highest BCUT2D eigenvalue weighted by Crippen LogP contribution is 2.22. The number of benzene rings is 2. The summed E-state index contributed by atoms with van der Waals surface area (Å²) in [6.45, 7) is 1.65.